The predicted molar refractivity (Wildman–Crippen MR) is 65.9 cm³/mol. The van der Waals surface area contributed by atoms with Crippen LogP contribution in [0.1, 0.15) is 11.4 Å². The van der Waals surface area contributed by atoms with Gasteiger partial charge in [0.05, 0.1) is 5.69 Å². The van der Waals surface area contributed by atoms with E-state index in [0.717, 1.165) is 5.69 Å². The lowest BCUT2D eigenvalue weighted by Crippen LogP contribution is -2.02. The van der Waals surface area contributed by atoms with E-state index in [1.54, 1.807) is 0 Å². The summed E-state index contributed by atoms with van der Waals surface area (Å²) in [6.07, 6.45) is 1.92. The smallest absolute Gasteiger partial charge is 0.111 e. The Kier molecular flexibility index (Phi) is 4.92. The van der Waals surface area contributed by atoms with Crippen molar-refractivity contribution < 1.29 is 0 Å². The van der Waals surface area contributed by atoms with Crippen molar-refractivity contribution in [3.05, 3.63) is 23.5 Å². The van der Waals surface area contributed by atoms with Crippen LogP contribution in [0.2, 0.25) is 0 Å². The second-order valence-electron chi connectivity index (χ2n) is 2.45. The third-order valence-electron chi connectivity index (χ3n) is 1.81. The topological polar surface area (TPSA) is 28.8 Å². The van der Waals surface area contributed by atoms with Crippen LogP contribution in [0.25, 0.3) is 0 Å². The molecule has 0 radical (unpaired) electrons. The van der Waals surface area contributed by atoms with E-state index in [-0.39, 0.29) is 24.0 Å². The first kappa shape index (κ1) is 12.0. The third-order valence-corrected chi connectivity index (χ3v) is 2.43. The number of nitrogens with one attached hydrogen (secondary N) is 1. The lowest BCUT2D eigenvalue weighted by molar-refractivity contribution is 0.873. The molecule has 0 bridgehead atoms. The van der Waals surface area contributed by atoms with E-state index < -0.39 is 0 Å². The van der Waals surface area contributed by atoms with E-state index in [0.29, 0.717) is 5.04 Å². The molecule has 0 aliphatic heterocycles. The quantitative estimate of drug-likeness (QED) is 0.482. The molecule has 68 valence electrons. The molecule has 0 aliphatic carbocycles. The minimum Gasteiger partial charge on any atom is -0.346 e. The van der Waals surface area contributed by atoms with Crippen molar-refractivity contribution in [1.29, 1.82) is 5.41 Å². The van der Waals surface area contributed by atoms with Gasteiger partial charge in [0.2, 0.25) is 0 Å². The average molecular weight is 296 g/mol. The van der Waals surface area contributed by atoms with E-state index in [1.807, 2.05) is 36.9 Å². The summed E-state index contributed by atoms with van der Waals surface area (Å²) in [7, 11) is 1.98. The average Bonchev–Trinajstić information content (AvgIpc) is 2.32. The molecule has 2 nitrogen and oxygen atoms in total. The molecular formula is C8H13IN2S. The van der Waals surface area contributed by atoms with E-state index in [1.165, 1.54) is 17.5 Å². The molecule has 0 spiro atoms. The SMILES string of the molecule is CSC(=N)c1ccc(C)n1C.I. The zero-order chi connectivity index (χ0) is 8.43. The number of nitrogens with zero attached hydrogens (tertiary/aromatic N) is 1. The Bertz CT molecular complexity index is 281. The first-order valence-electron chi connectivity index (χ1n) is 3.42. The Balaban J connectivity index is 0.00000121. The van der Waals surface area contributed by atoms with Gasteiger partial charge in [0, 0.05) is 12.7 Å². The lowest BCUT2D eigenvalue weighted by Gasteiger charge is -2.03. The van der Waals surface area contributed by atoms with Crippen LogP contribution in [0.3, 0.4) is 0 Å². The lowest BCUT2D eigenvalue weighted by atomic mass is 10.4. The fourth-order valence-corrected chi connectivity index (χ4v) is 1.36. The molecule has 0 unspecified atom stereocenters. The van der Waals surface area contributed by atoms with Crippen LogP contribution in [0.5, 0.6) is 0 Å². The molecule has 4 heteroatoms. The van der Waals surface area contributed by atoms with Crippen LogP contribution < -0.4 is 0 Å². The van der Waals surface area contributed by atoms with Crippen LogP contribution in [0, 0.1) is 12.3 Å². The molecule has 0 saturated heterocycles. The van der Waals surface area contributed by atoms with Gasteiger partial charge in [-0.2, -0.15) is 0 Å². The summed E-state index contributed by atoms with van der Waals surface area (Å²) >= 11 is 1.47. The van der Waals surface area contributed by atoms with Gasteiger partial charge in [0.1, 0.15) is 5.04 Å². The van der Waals surface area contributed by atoms with Crippen molar-refractivity contribution in [3.63, 3.8) is 0 Å². The first-order valence-corrected chi connectivity index (χ1v) is 4.64. The summed E-state index contributed by atoms with van der Waals surface area (Å²) in [5.74, 6) is 0. The summed E-state index contributed by atoms with van der Waals surface area (Å²) in [5, 5.41) is 8.20. The number of aryl methyl sites for hydroxylation is 1. The van der Waals surface area contributed by atoms with E-state index >= 15 is 0 Å². The molecule has 0 aliphatic rings. The van der Waals surface area contributed by atoms with Gasteiger partial charge in [0.15, 0.2) is 0 Å². The maximum absolute atomic E-state index is 7.57. The van der Waals surface area contributed by atoms with Gasteiger partial charge in [-0.05, 0) is 25.3 Å². The van der Waals surface area contributed by atoms with Crippen LogP contribution in [-0.2, 0) is 7.05 Å². The Morgan fingerprint density at radius 2 is 2.08 bits per heavy atom. The molecular weight excluding hydrogens is 283 g/mol. The minimum absolute atomic E-state index is 0. The number of rotatable bonds is 1. The predicted octanol–water partition coefficient (Wildman–Crippen LogP) is 2.64. The molecule has 0 atom stereocenters. The highest BCUT2D eigenvalue weighted by Crippen LogP contribution is 2.11. The second-order valence-corrected chi connectivity index (χ2v) is 3.27. The number of aromatic nitrogens is 1. The van der Waals surface area contributed by atoms with Crippen molar-refractivity contribution in [2.45, 2.75) is 6.92 Å². The molecule has 0 aromatic carbocycles. The van der Waals surface area contributed by atoms with Gasteiger partial charge >= 0.3 is 0 Å². The third kappa shape index (κ3) is 2.26. The molecule has 0 amide bonds. The molecule has 1 rings (SSSR count). The number of hydrogen-bond donors (Lipinski definition) is 1. The minimum atomic E-state index is 0. The molecule has 0 fully saturated rings. The Labute approximate surface area is 94.3 Å². The largest absolute Gasteiger partial charge is 0.346 e. The molecule has 1 N–H and O–H groups in total. The van der Waals surface area contributed by atoms with E-state index in [9.17, 15) is 0 Å². The van der Waals surface area contributed by atoms with Gasteiger partial charge in [0.25, 0.3) is 0 Å². The summed E-state index contributed by atoms with van der Waals surface area (Å²) in [5.41, 5.74) is 2.19. The number of thioether (sulfide) groups is 1. The van der Waals surface area contributed by atoms with Gasteiger partial charge < -0.3 is 4.57 Å². The molecule has 1 aromatic rings. The van der Waals surface area contributed by atoms with Crippen LogP contribution in [0.15, 0.2) is 12.1 Å². The summed E-state index contributed by atoms with van der Waals surface area (Å²) in [6, 6.07) is 4.01. The Morgan fingerprint density at radius 3 is 2.42 bits per heavy atom. The highest BCUT2D eigenvalue weighted by atomic mass is 127. The standard InChI is InChI=1S/C8H12N2S.HI/c1-6-4-5-7(10(6)2)8(9)11-3;/h4-5,9H,1-3H3;1H. The van der Waals surface area contributed by atoms with Crippen molar-refractivity contribution >= 4 is 40.8 Å². The van der Waals surface area contributed by atoms with Gasteiger partial charge in [-0.15, -0.1) is 35.7 Å². The summed E-state index contributed by atoms with van der Waals surface area (Å²) < 4.78 is 2.03. The highest BCUT2D eigenvalue weighted by molar-refractivity contribution is 14.0. The van der Waals surface area contributed by atoms with E-state index in [4.69, 9.17) is 5.41 Å². The Hall–Kier alpha value is 0.0300. The zero-order valence-corrected chi connectivity index (χ0v) is 10.6. The van der Waals surface area contributed by atoms with E-state index in [2.05, 4.69) is 0 Å². The van der Waals surface area contributed by atoms with Crippen molar-refractivity contribution in [2.75, 3.05) is 6.26 Å². The maximum atomic E-state index is 7.57. The fraction of sp³-hybridized carbons (Fsp3) is 0.375. The second kappa shape index (κ2) is 4.91. The molecule has 12 heavy (non-hydrogen) atoms. The first-order chi connectivity index (χ1) is 5.16. The maximum Gasteiger partial charge on any atom is 0.111 e. The summed E-state index contributed by atoms with van der Waals surface area (Å²) in [4.78, 5) is 0. The molecule has 1 heterocycles. The Morgan fingerprint density at radius 1 is 1.50 bits per heavy atom. The number of halogens is 1. The molecule has 0 saturated carbocycles. The zero-order valence-electron chi connectivity index (χ0n) is 7.42. The van der Waals surface area contributed by atoms with Crippen LogP contribution in [0.4, 0.5) is 0 Å². The van der Waals surface area contributed by atoms with Crippen molar-refractivity contribution in [3.8, 4) is 0 Å². The van der Waals surface area contributed by atoms with Gasteiger partial charge in [-0.1, -0.05) is 0 Å². The number of hydrogen-bond acceptors (Lipinski definition) is 2. The van der Waals surface area contributed by atoms with Crippen LogP contribution >= 0.6 is 35.7 Å². The monoisotopic (exact) mass is 296 g/mol. The normalized spacial score (nSPS) is 9.25. The van der Waals surface area contributed by atoms with Crippen LogP contribution in [-0.4, -0.2) is 15.9 Å². The van der Waals surface area contributed by atoms with Crippen molar-refractivity contribution in [2.24, 2.45) is 7.05 Å². The van der Waals surface area contributed by atoms with Gasteiger partial charge in [-0.3, -0.25) is 5.41 Å². The highest BCUT2D eigenvalue weighted by Gasteiger charge is 2.04. The summed E-state index contributed by atoms with van der Waals surface area (Å²) in [6.45, 7) is 2.04. The van der Waals surface area contributed by atoms with Gasteiger partial charge in [-0.25, -0.2) is 0 Å². The van der Waals surface area contributed by atoms with Crippen molar-refractivity contribution in [1.82, 2.24) is 4.57 Å². The fourth-order valence-electron chi connectivity index (χ4n) is 0.946. The molecule has 1 aromatic heterocycles.